The molecule has 2 heteroatoms. The SMILES string of the molecule is CCCC(CC)CC(O)C(C)(O)CC. The molecule has 3 unspecified atom stereocenters. The van der Waals surface area contributed by atoms with E-state index in [4.69, 9.17) is 0 Å². The minimum absolute atomic E-state index is 0.549. The van der Waals surface area contributed by atoms with Crippen molar-refractivity contribution < 1.29 is 10.2 Å². The van der Waals surface area contributed by atoms with Crippen molar-refractivity contribution in [2.75, 3.05) is 0 Å². The van der Waals surface area contributed by atoms with Crippen LogP contribution in [-0.2, 0) is 0 Å². The van der Waals surface area contributed by atoms with Gasteiger partial charge in [-0.25, -0.2) is 0 Å². The van der Waals surface area contributed by atoms with Gasteiger partial charge in [0.1, 0.15) is 0 Å². The molecular weight excluding hydrogens is 176 g/mol. The smallest absolute Gasteiger partial charge is 0.0875 e. The molecule has 0 heterocycles. The van der Waals surface area contributed by atoms with Crippen LogP contribution < -0.4 is 0 Å². The second-order valence-corrected chi connectivity index (χ2v) is 4.53. The molecule has 0 spiro atoms. The van der Waals surface area contributed by atoms with Gasteiger partial charge in [0.15, 0.2) is 0 Å². The second-order valence-electron chi connectivity index (χ2n) is 4.53. The Morgan fingerprint density at radius 1 is 1.21 bits per heavy atom. The van der Waals surface area contributed by atoms with Gasteiger partial charge in [-0.3, -0.25) is 0 Å². The fourth-order valence-corrected chi connectivity index (χ4v) is 1.70. The maximum atomic E-state index is 9.86. The van der Waals surface area contributed by atoms with Gasteiger partial charge in [0.05, 0.1) is 11.7 Å². The molecule has 0 amide bonds. The van der Waals surface area contributed by atoms with E-state index in [0.717, 1.165) is 25.7 Å². The molecule has 0 fully saturated rings. The molecule has 0 aliphatic carbocycles. The predicted molar refractivity (Wildman–Crippen MR) is 60.2 cm³/mol. The van der Waals surface area contributed by atoms with Crippen molar-refractivity contribution >= 4 is 0 Å². The lowest BCUT2D eigenvalue weighted by atomic mass is 9.86. The summed E-state index contributed by atoms with van der Waals surface area (Å²) >= 11 is 0. The van der Waals surface area contributed by atoms with Crippen molar-refractivity contribution in [1.82, 2.24) is 0 Å². The Morgan fingerprint density at radius 2 is 1.79 bits per heavy atom. The van der Waals surface area contributed by atoms with E-state index in [1.54, 1.807) is 6.92 Å². The van der Waals surface area contributed by atoms with E-state index in [1.807, 2.05) is 6.92 Å². The number of hydrogen-bond acceptors (Lipinski definition) is 2. The fraction of sp³-hybridized carbons (Fsp3) is 1.00. The van der Waals surface area contributed by atoms with Crippen LogP contribution in [0.15, 0.2) is 0 Å². The third-order valence-electron chi connectivity index (χ3n) is 3.26. The molecule has 0 bridgehead atoms. The summed E-state index contributed by atoms with van der Waals surface area (Å²) < 4.78 is 0. The summed E-state index contributed by atoms with van der Waals surface area (Å²) in [5.41, 5.74) is -0.916. The lowest BCUT2D eigenvalue weighted by Gasteiger charge is -2.30. The van der Waals surface area contributed by atoms with Crippen LogP contribution in [0.25, 0.3) is 0 Å². The quantitative estimate of drug-likeness (QED) is 0.666. The highest BCUT2D eigenvalue weighted by molar-refractivity contribution is 4.81. The maximum Gasteiger partial charge on any atom is 0.0875 e. The number of rotatable bonds is 7. The topological polar surface area (TPSA) is 40.5 Å². The summed E-state index contributed by atoms with van der Waals surface area (Å²) in [5.74, 6) is 0.549. The largest absolute Gasteiger partial charge is 0.390 e. The highest BCUT2D eigenvalue weighted by Gasteiger charge is 2.29. The van der Waals surface area contributed by atoms with Crippen LogP contribution in [-0.4, -0.2) is 21.9 Å². The molecule has 2 N–H and O–H groups in total. The maximum absolute atomic E-state index is 9.86. The van der Waals surface area contributed by atoms with Gasteiger partial charge >= 0.3 is 0 Å². The third-order valence-corrected chi connectivity index (χ3v) is 3.26. The zero-order valence-electron chi connectivity index (χ0n) is 10.1. The van der Waals surface area contributed by atoms with Crippen LogP contribution in [0.2, 0.25) is 0 Å². The van der Waals surface area contributed by atoms with E-state index in [9.17, 15) is 10.2 Å². The van der Waals surface area contributed by atoms with E-state index in [-0.39, 0.29) is 0 Å². The molecule has 0 radical (unpaired) electrons. The first-order valence-corrected chi connectivity index (χ1v) is 5.88. The average molecular weight is 202 g/mol. The summed E-state index contributed by atoms with van der Waals surface area (Å²) in [6, 6.07) is 0. The summed E-state index contributed by atoms with van der Waals surface area (Å²) in [6.07, 6.45) is 4.14. The van der Waals surface area contributed by atoms with Crippen LogP contribution in [0.3, 0.4) is 0 Å². The molecule has 0 aromatic heterocycles. The van der Waals surface area contributed by atoms with Gasteiger partial charge in [-0.15, -0.1) is 0 Å². The summed E-state index contributed by atoms with van der Waals surface area (Å²) in [4.78, 5) is 0. The van der Waals surface area contributed by atoms with E-state index in [0.29, 0.717) is 12.3 Å². The average Bonchev–Trinajstić information content (AvgIpc) is 2.16. The highest BCUT2D eigenvalue weighted by atomic mass is 16.3. The molecule has 0 aromatic carbocycles. The van der Waals surface area contributed by atoms with Gasteiger partial charge in [-0.2, -0.15) is 0 Å². The minimum atomic E-state index is -0.916. The van der Waals surface area contributed by atoms with Crippen molar-refractivity contribution in [3.05, 3.63) is 0 Å². The van der Waals surface area contributed by atoms with E-state index in [1.165, 1.54) is 0 Å². The van der Waals surface area contributed by atoms with Gasteiger partial charge < -0.3 is 10.2 Å². The standard InChI is InChI=1S/C12H26O2/c1-5-8-10(6-2)9-11(13)12(4,14)7-3/h10-11,13-14H,5-9H2,1-4H3. The Kier molecular flexibility index (Phi) is 6.38. The van der Waals surface area contributed by atoms with Crippen LogP contribution >= 0.6 is 0 Å². The van der Waals surface area contributed by atoms with Gasteiger partial charge in [-0.1, -0.05) is 40.0 Å². The van der Waals surface area contributed by atoms with Crippen LogP contribution in [0.5, 0.6) is 0 Å². The molecular formula is C12H26O2. The zero-order valence-corrected chi connectivity index (χ0v) is 10.1. The van der Waals surface area contributed by atoms with Crippen molar-refractivity contribution in [3.8, 4) is 0 Å². The van der Waals surface area contributed by atoms with Gasteiger partial charge in [0.25, 0.3) is 0 Å². The Bertz CT molecular complexity index is 143. The van der Waals surface area contributed by atoms with E-state index >= 15 is 0 Å². The normalized spacial score (nSPS) is 20.1. The minimum Gasteiger partial charge on any atom is -0.390 e. The molecule has 86 valence electrons. The van der Waals surface area contributed by atoms with E-state index < -0.39 is 11.7 Å². The van der Waals surface area contributed by atoms with Crippen LogP contribution in [0.4, 0.5) is 0 Å². The van der Waals surface area contributed by atoms with Crippen molar-refractivity contribution in [2.45, 2.75) is 71.5 Å². The molecule has 0 saturated heterocycles. The van der Waals surface area contributed by atoms with Gasteiger partial charge in [0.2, 0.25) is 0 Å². The molecule has 0 saturated carbocycles. The number of hydrogen-bond donors (Lipinski definition) is 2. The first-order valence-electron chi connectivity index (χ1n) is 5.88. The van der Waals surface area contributed by atoms with Crippen molar-refractivity contribution in [2.24, 2.45) is 5.92 Å². The van der Waals surface area contributed by atoms with E-state index in [2.05, 4.69) is 13.8 Å². The van der Waals surface area contributed by atoms with Crippen LogP contribution in [0.1, 0.15) is 59.8 Å². The molecule has 0 aliphatic heterocycles. The Hall–Kier alpha value is -0.0800. The van der Waals surface area contributed by atoms with Crippen molar-refractivity contribution in [3.63, 3.8) is 0 Å². The first kappa shape index (κ1) is 13.9. The Balaban J connectivity index is 4.07. The third kappa shape index (κ3) is 4.43. The molecule has 2 nitrogen and oxygen atoms in total. The summed E-state index contributed by atoms with van der Waals surface area (Å²) in [7, 11) is 0. The number of aliphatic hydroxyl groups is 2. The monoisotopic (exact) mass is 202 g/mol. The lowest BCUT2D eigenvalue weighted by molar-refractivity contribution is -0.0739. The second kappa shape index (κ2) is 6.41. The lowest BCUT2D eigenvalue weighted by Crippen LogP contribution is -2.39. The first-order chi connectivity index (χ1) is 6.47. The molecule has 0 aliphatic rings. The van der Waals surface area contributed by atoms with Crippen LogP contribution in [0, 0.1) is 5.92 Å². The zero-order chi connectivity index (χ0) is 11.2. The number of aliphatic hydroxyl groups excluding tert-OH is 1. The predicted octanol–water partition coefficient (Wildman–Crippen LogP) is 2.72. The van der Waals surface area contributed by atoms with Gasteiger partial charge in [0, 0.05) is 0 Å². The highest BCUT2D eigenvalue weighted by Crippen LogP contribution is 2.24. The summed E-state index contributed by atoms with van der Waals surface area (Å²) in [5, 5.41) is 19.7. The van der Waals surface area contributed by atoms with Crippen molar-refractivity contribution in [1.29, 1.82) is 0 Å². The molecule has 0 rings (SSSR count). The molecule has 3 atom stereocenters. The Morgan fingerprint density at radius 3 is 2.14 bits per heavy atom. The summed E-state index contributed by atoms with van der Waals surface area (Å²) in [6.45, 7) is 7.93. The fourth-order valence-electron chi connectivity index (χ4n) is 1.70. The Labute approximate surface area is 88.3 Å². The molecule has 0 aromatic rings. The van der Waals surface area contributed by atoms with Gasteiger partial charge in [-0.05, 0) is 25.7 Å². The molecule has 14 heavy (non-hydrogen) atoms.